The minimum atomic E-state index is -0.166. The first-order chi connectivity index (χ1) is 13.5. The van der Waals surface area contributed by atoms with E-state index in [2.05, 4.69) is 46.7 Å². The van der Waals surface area contributed by atoms with Crippen LogP contribution in [0.2, 0.25) is 5.02 Å². The molecule has 0 aliphatic carbocycles. The van der Waals surface area contributed by atoms with Crippen LogP contribution in [0.4, 0.5) is 5.69 Å². The summed E-state index contributed by atoms with van der Waals surface area (Å²) in [5.41, 5.74) is 2.48. The molecule has 0 saturated carbocycles. The molecule has 0 unspecified atom stereocenters. The summed E-state index contributed by atoms with van der Waals surface area (Å²) in [6.45, 7) is 4.81. The summed E-state index contributed by atoms with van der Waals surface area (Å²) in [5.74, 6) is 0.956. The number of hydrogen-bond acceptors (Lipinski definition) is 4. The van der Waals surface area contributed by atoms with Crippen molar-refractivity contribution in [2.45, 2.75) is 25.9 Å². The van der Waals surface area contributed by atoms with Gasteiger partial charge in [0.05, 0.1) is 23.4 Å². The van der Waals surface area contributed by atoms with Gasteiger partial charge in [-0.05, 0) is 24.0 Å². The van der Waals surface area contributed by atoms with Crippen LogP contribution < -0.4 is 15.4 Å². The maximum absolute atomic E-state index is 12.8. The average molecular weight is 402 g/mol. The van der Waals surface area contributed by atoms with Crippen LogP contribution in [-0.4, -0.2) is 44.1 Å². The molecule has 0 radical (unpaired) electrons. The fourth-order valence-electron chi connectivity index (χ4n) is 3.86. The molecule has 2 atom stereocenters. The molecule has 0 aromatic heterocycles. The Morgan fingerprint density at radius 2 is 2.04 bits per heavy atom. The summed E-state index contributed by atoms with van der Waals surface area (Å²) in [6, 6.07) is 14.2. The quantitative estimate of drug-likeness (QED) is 0.735. The molecule has 2 aromatic carbocycles. The molecule has 1 aliphatic rings. The Balaban J connectivity index is 1.67. The molecule has 6 heteroatoms. The van der Waals surface area contributed by atoms with Crippen LogP contribution in [-0.2, 0) is 6.54 Å². The number of anilines is 1. The van der Waals surface area contributed by atoms with Crippen molar-refractivity contribution in [2.24, 2.45) is 5.92 Å². The molecule has 0 spiro atoms. The van der Waals surface area contributed by atoms with E-state index >= 15 is 0 Å². The summed E-state index contributed by atoms with van der Waals surface area (Å²) in [7, 11) is 3.34. The van der Waals surface area contributed by atoms with Gasteiger partial charge in [0.15, 0.2) is 0 Å². The van der Waals surface area contributed by atoms with Crippen molar-refractivity contribution in [3.05, 3.63) is 58.6 Å². The summed E-state index contributed by atoms with van der Waals surface area (Å²) in [4.78, 5) is 15.2. The fraction of sp³-hybridized carbons (Fsp3) is 0.409. The second-order valence-electron chi connectivity index (χ2n) is 7.40. The number of nitrogens with one attached hydrogen (secondary N) is 2. The Morgan fingerprint density at radius 3 is 2.71 bits per heavy atom. The topological polar surface area (TPSA) is 53.6 Å². The normalized spacial score (nSPS) is 19.4. The SMILES string of the molecule is CNc1cc(OC)c(C(=O)NC[C@@H]2C[C@@H](C)CN2Cc2ccccc2)cc1Cl. The van der Waals surface area contributed by atoms with Crippen LogP contribution in [0, 0.1) is 5.92 Å². The van der Waals surface area contributed by atoms with Crippen LogP contribution in [0.15, 0.2) is 42.5 Å². The first-order valence-electron chi connectivity index (χ1n) is 9.63. The molecule has 2 aromatic rings. The van der Waals surface area contributed by atoms with Crippen LogP contribution in [0.5, 0.6) is 5.75 Å². The van der Waals surface area contributed by atoms with Gasteiger partial charge in [-0.15, -0.1) is 0 Å². The zero-order chi connectivity index (χ0) is 20.1. The molecule has 3 rings (SSSR count). The zero-order valence-electron chi connectivity index (χ0n) is 16.7. The highest BCUT2D eigenvalue weighted by Gasteiger charge is 2.30. The van der Waals surface area contributed by atoms with Crippen molar-refractivity contribution in [3.8, 4) is 5.75 Å². The highest BCUT2D eigenvalue weighted by molar-refractivity contribution is 6.33. The number of hydrogen-bond donors (Lipinski definition) is 2. The molecule has 1 heterocycles. The minimum Gasteiger partial charge on any atom is -0.496 e. The predicted octanol–water partition coefficient (Wildman–Crippen LogP) is 4.03. The molecule has 1 saturated heterocycles. The molecule has 1 amide bonds. The highest BCUT2D eigenvalue weighted by Crippen LogP contribution is 2.31. The third-order valence-corrected chi connectivity index (χ3v) is 5.58. The highest BCUT2D eigenvalue weighted by atomic mass is 35.5. The largest absolute Gasteiger partial charge is 0.496 e. The van der Waals surface area contributed by atoms with E-state index in [1.807, 2.05) is 6.07 Å². The summed E-state index contributed by atoms with van der Waals surface area (Å²) >= 11 is 6.26. The molecule has 1 aliphatic heterocycles. The number of carbonyl (C=O) groups excluding carboxylic acids is 1. The van der Waals surface area contributed by atoms with Crippen LogP contribution in [0.1, 0.15) is 29.3 Å². The lowest BCUT2D eigenvalue weighted by molar-refractivity contribution is 0.0937. The maximum atomic E-state index is 12.8. The number of methoxy groups -OCH3 is 1. The van der Waals surface area contributed by atoms with Crippen LogP contribution >= 0.6 is 11.6 Å². The standard InChI is InChI=1S/C22H28ClN3O2/c1-15-9-17(26(13-15)14-16-7-5-4-6-8-16)12-25-22(27)18-10-19(23)20(24-2)11-21(18)28-3/h4-8,10-11,15,17,24H,9,12-14H2,1-3H3,(H,25,27)/t15-,17+/m1/s1. The van der Waals surface area contributed by atoms with Gasteiger partial charge in [0, 0.05) is 38.8 Å². The monoisotopic (exact) mass is 401 g/mol. The van der Waals surface area contributed by atoms with E-state index in [9.17, 15) is 4.79 Å². The van der Waals surface area contributed by atoms with E-state index in [0.717, 1.165) is 25.2 Å². The fourth-order valence-corrected chi connectivity index (χ4v) is 4.12. The summed E-state index contributed by atoms with van der Waals surface area (Å²) in [6.07, 6.45) is 1.07. The van der Waals surface area contributed by atoms with E-state index in [1.54, 1.807) is 26.3 Å². The van der Waals surface area contributed by atoms with Gasteiger partial charge in [-0.3, -0.25) is 9.69 Å². The van der Waals surface area contributed by atoms with E-state index in [4.69, 9.17) is 16.3 Å². The van der Waals surface area contributed by atoms with Gasteiger partial charge in [0.1, 0.15) is 5.75 Å². The smallest absolute Gasteiger partial charge is 0.255 e. The number of amides is 1. The Labute approximate surface area is 172 Å². The van der Waals surface area contributed by atoms with Gasteiger partial charge in [-0.2, -0.15) is 0 Å². The van der Waals surface area contributed by atoms with Crippen molar-refractivity contribution in [1.29, 1.82) is 0 Å². The van der Waals surface area contributed by atoms with Gasteiger partial charge in [-0.25, -0.2) is 0 Å². The Hall–Kier alpha value is -2.24. The minimum absolute atomic E-state index is 0.166. The van der Waals surface area contributed by atoms with E-state index < -0.39 is 0 Å². The third-order valence-electron chi connectivity index (χ3n) is 5.27. The Bertz CT molecular complexity index is 813. The van der Waals surface area contributed by atoms with Crippen molar-refractivity contribution >= 4 is 23.2 Å². The first-order valence-corrected chi connectivity index (χ1v) is 10.0. The van der Waals surface area contributed by atoms with Gasteiger partial charge in [0.2, 0.25) is 0 Å². The number of benzene rings is 2. The third kappa shape index (κ3) is 4.78. The number of ether oxygens (including phenoxy) is 1. The Morgan fingerprint density at radius 1 is 1.29 bits per heavy atom. The summed E-state index contributed by atoms with van der Waals surface area (Å²) < 4.78 is 5.38. The number of halogens is 1. The van der Waals surface area contributed by atoms with E-state index in [0.29, 0.717) is 34.8 Å². The van der Waals surface area contributed by atoms with Crippen molar-refractivity contribution in [2.75, 3.05) is 32.6 Å². The van der Waals surface area contributed by atoms with Crippen LogP contribution in [0.3, 0.4) is 0 Å². The van der Waals surface area contributed by atoms with E-state index in [-0.39, 0.29) is 5.91 Å². The first kappa shape index (κ1) is 20.5. The maximum Gasteiger partial charge on any atom is 0.255 e. The average Bonchev–Trinajstić information content (AvgIpc) is 3.05. The second kappa shape index (κ2) is 9.30. The van der Waals surface area contributed by atoms with Gasteiger partial charge >= 0.3 is 0 Å². The lowest BCUT2D eigenvalue weighted by Gasteiger charge is -2.25. The van der Waals surface area contributed by atoms with Crippen molar-refractivity contribution in [3.63, 3.8) is 0 Å². The Kier molecular flexibility index (Phi) is 6.81. The number of likely N-dealkylation sites (tertiary alicyclic amines) is 1. The molecule has 28 heavy (non-hydrogen) atoms. The van der Waals surface area contributed by atoms with Crippen molar-refractivity contribution in [1.82, 2.24) is 10.2 Å². The number of carbonyl (C=O) groups is 1. The number of rotatable bonds is 7. The van der Waals surface area contributed by atoms with Gasteiger partial charge < -0.3 is 15.4 Å². The lowest BCUT2D eigenvalue weighted by Crippen LogP contribution is -2.39. The van der Waals surface area contributed by atoms with Gasteiger partial charge in [0.25, 0.3) is 5.91 Å². The molecule has 150 valence electrons. The lowest BCUT2D eigenvalue weighted by atomic mass is 10.1. The molecule has 2 N–H and O–H groups in total. The molecular weight excluding hydrogens is 374 g/mol. The molecule has 5 nitrogen and oxygen atoms in total. The number of nitrogens with zero attached hydrogens (tertiary/aromatic N) is 1. The zero-order valence-corrected chi connectivity index (χ0v) is 17.4. The molecular formula is C22H28ClN3O2. The molecule has 0 bridgehead atoms. The van der Waals surface area contributed by atoms with Gasteiger partial charge in [-0.1, -0.05) is 48.9 Å². The van der Waals surface area contributed by atoms with E-state index in [1.165, 1.54) is 5.56 Å². The second-order valence-corrected chi connectivity index (χ2v) is 7.81. The molecule has 1 fully saturated rings. The van der Waals surface area contributed by atoms with Crippen LogP contribution in [0.25, 0.3) is 0 Å². The summed E-state index contributed by atoms with van der Waals surface area (Å²) in [5, 5.41) is 6.57. The predicted molar refractivity (Wildman–Crippen MR) is 114 cm³/mol. The van der Waals surface area contributed by atoms with Crippen molar-refractivity contribution < 1.29 is 9.53 Å².